The van der Waals surface area contributed by atoms with Gasteiger partial charge in [0.25, 0.3) is 0 Å². The van der Waals surface area contributed by atoms with E-state index in [4.69, 9.17) is 0 Å². The van der Waals surface area contributed by atoms with Gasteiger partial charge in [-0.25, -0.2) is 4.39 Å². The molecule has 0 unspecified atom stereocenters. The van der Waals surface area contributed by atoms with Crippen molar-refractivity contribution >= 4 is 11.9 Å². The number of aliphatic carboxylic acids is 1. The largest absolute Gasteiger partial charge is 0.481 e. The van der Waals surface area contributed by atoms with E-state index < -0.39 is 11.4 Å². The van der Waals surface area contributed by atoms with Gasteiger partial charge in [-0.2, -0.15) is 0 Å². The SMILES string of the molecule is CCC(CC)(CC(=O)NCCc1ccc(F)cc1)C(=O)O. The third kappa shape index (κ3) is 4.85. The molecule has 5 heteroatoms. The number of amides is 1. The molecule has 0 atom stereocenters. The summed E-state index contributed by atoms with van der Waals surface area (Å²) in [6, 6.07) is 6.09. The van der Waals surface area contributed by atoms with Crippen LogP contribution in [0.5, 0.6) is 0 Å². The molecule has 1 aromatic rings. The highest BCUT2D eigenvalue weighted by molar-refractivity contribution is 5.84. The van der Waals surface area contributed by atoms with Crippen molar-refractivity contribution in [1.82, 2.24) is 5.32 Å². The average molecular weight is 295 g/mol. The van der Waals surface area contributed by atoms with Gasteiger partial charge < -0.3 is 10.4 Å². The molecule has 116 valence electrons. The van der Waals surface area contributed by atoms with Crippen molar-refractivity contribution in [2.75, 3.05) is 6.54 Å². The first-order chi connectivity index (χ1) is 9.93. The van der Waals surface area contributed by atoms with Gasteiger partial charge in [-0.05, 0) is 37.0 Å². The number of carbonyl (C=O) groups excluding carboxylic acids is 1. The zero-order valence-corrected chi connectivity index (χ0v) is 12.5. The smallest absolute Gasteiger partial charge is 0.310 e. The van der Waals surface area contributed by atoms with Crippen LogP contribution in [0, 0.1) is 11.2 Å². The second-order valence-corrected chi connectivity index (χ2v) is 5.20. The minimum Gasteiger partial charge on any atom is -0.481 e. The summed E-state index contributed by atoms with van der Waals surface area (Å²) in [6.45, 7) is 3.97. The highest BCUT2D eigenvalue weighted by atomic mass is 19.1. The van der Waals surface area contributed by atoms with Crippen molar-refractivity contribution in [2.45, 2.75) is 39.5 Å². The Labute approximate surface area is 124 Å². The molecule has 0 saturated heterocycles. The number of rotatable bonds is 8. The highest BCUT2D eigenvalue weighted by Gasteiger charge is 2.36. The van der Waals surface area contributed by atoms with Crippen molar-refractivity contribution in [3.05, 3.63) is 35.6 Å². The molecule has 1 rings (SSSR count). The van der Waals surface area contributed by atoms with Crippen molar-refractivity contribution < 1.29 is 19.1 Å². The van der Waals surface area contributed by atoms with Crippen molar-refractivity contribution in [1.29, 1.82) is 0 Å². The van der Waals surface area contributed by atoms with Crippen LogP contribution in [0.2, 0.25) is 0 Å². The van der Waals surface area contributed by atoms with Crippen LogP contribution in [-0.2, 0) is 16.0 Å². The molecular formula is C16H22FNO3. The van der Waals surface area contributed by atoms with Gasteiger partial charge in [0.05, 0.1) is 5.41 Å². The Hall–Kier alpha value is -1.91. The fourth-order valence-corrected chi connectivity index (χ4v) is 2.25. The Kier molecular flexibility index (Phi) is 6.34. The van der Waals surface area contributed by atoms with Crippen molar-refractivity contribution in [3.63, 3.8) is 0 Å². The lowest BCUT2D eigenvalue weighted by molar-refractivity contribution is -0.152. The van der Waals surface area contributed by atoms with Gasteiger partial charge in [0, 0.05) is 13.0 Å². The number of carboxylic acids is 1. The lowest BCUT2D eigenvalue weighted by Crippen LogP contribution is -2.37. The summed E-state index contributed by atoms with van der Waals surface area (Å²) >= 11 is 0. The first kappa shape index (κ1) is 17.1. The fraction of sp³-hybridized carbons (Fsp3) is 0.500. The molecule has 0 spiro atoms. The summed E-state index contributed by atoms with van der Waals surface area (Å²) in [5, 5.41) is 12.0. The van der Waals surface area contributed by atoms with E-state index in [2.05, 4.69) is 5.32 Å². The Balaban J connectivity index is 2.46. The summed E-state index contributed by atoms with van der Waals surface area (Å²) in [4.78, 5) is 23.2. The fourth-order valence-electron chi connectivity index (χ4n) is 2.25. The number of hydrogen-bond acceptors (Lipinski definition) is 2. The first-order valence-corrected chi connectivity index (χ1v) is 7.18. The Morgan fingerprint density at radius 2 is 1.76 bits per heavy atom. The van der Waals surface area contributed by atoms with E-state index >= 15 is 0 Å². The number of carboxylic acid groups (broad SMARTS) is 1. The van der Waals surface area contributed by atoms with Crippen LogP contribution < -0.4 is 5.32 Å². The normalized spacial score (nSPS) is 11.2. The van der Waals surface area contributed by atoms with E-state index in [0.717, 1.165) is 5.56 Å². The number of nitrogens with one attached hydrogen (secondary N) is 1. The molecule has 0 fully saturated rings. The van der Waals surface area contributed by atoms with Gasteiger partial charge >= 0.3 is 5.97 Å². The topological polar surface area (TPSA) is 66.4 Å². The molecule has 2 N–H and O–H groups in total. The van der Waals surface area contributed by atoms with Gasteiger partial charge in [-0.3, -0.25) is 9.59 Å². The van der Waals surface area contributed by atoms with E-state index in [0.29, 0.717) is 25.8 Å². The van der Waals surface area contributed by atoms with E-state index in [-0.39, 0.29) is 18.1 Å². The minimum atomic E-state index is -0.986. The van der Waals surface area contributed by atoms with Crippen LogP contribution in [0.3, 0.4) is 0 Å². The lowest BCUT2D eigenvalue weighted by Gasteiger charge is -2.25. The minimum absolute atomic E-state index is 0.0151. The van der Waals surface area contributed by atoms with Crippen molar-refractivity contribution in [3.8, 4) is 0 Å². The maximum atomic E-state index is 12.8. The summed E-state index contributed by atoms with van der Waals surface area (Å²) in [5.74, 6) is -1.48. The molecule has 0 aliphatic carbocycles. The van der Waals surface area contributed by atoms with E-state index in [1.807, 2.05) is 0 Å². The quantitative estimate of drug-likeness (QED) is 0.775. The molecule has 4 nitrogen and oxygen atoms in total. The third-order valence-electron chi connectivity index (χ3n) is 3.96. The van der Waals surface area contributed by atoms with Gasteiger partial charge in [-0.1, -0.05) is 26.0 Å². The lowest BCUT2D eigenvalue weighted by atomic mass is 9.79. The summed E-state index contributed by atoms with van der Waals surface area (Å²) in [5.41, 5.74) is -0.0628. The predicted octanol–water partition coefficient (Wildman–Crippen LogP) is 2.77. The molecule has 0 aliphatic rings. The van der Waals surface area contributed by atoms with Gasteiger partial charge in [-0.15, -0.1) is 0 Å². The zero-order chi connectivity index (χ0) is 15.9. The Morgan fingerprint density at radius 1 is 1.19 bits per heavy atom. The van der Waals surface area contributed by atoms with E-state index in [1.54, 1.807) is 26.0 Å². The Bertz CT molecular complexity index is 481. The van der Waals surface area contributed by atoms with Crippen LogP contribution in [-0.4, -0.2) is 23.5 Å². The molecule has 1 aromatic carbocycles. The summed E-state index contributed by atoms with van der Waals surface area (Å²) in [7, 11) is 0. The number of halogens is 1. The van der Waals surface area contributed by atoms with Crippen LogP contribution in [0.1, 0.15) is 38.7 Å². The monoisotopic (exact) mass is 295 g/mol. The molecule has 0 radical (unpaired) electrons. The summed E-state index contributed by atoms with van der Waals surface area (Å²) in [6.07, 6.45) is 1.41. The molecule has 0 saturated carbocycles. The number of carbonyl (C=O) groups is 2. The second kappa shape index (κ2) is 7.76. The second-order valence-electron chi connectivity index (χ2n) is 5.20. The summed E-state index contributed by atoms with van der Waals surface area (Å²) < 4.78 is 12.8. The molecule has 0 aliphatic heterocycles. The van der Waals surface area contributed by atoms with Crippen LogP contribution in [0.15, 0.2) is 24.3 Å². The molecule has 0 heterocycles. The Morgan fingerprint density at radius 3 is 2.24 bits per heavy atom. The van der Waals surface area contributed by atoms with Gasteiger partial charge in [0.2, 0.25) is 5.91 Å². The highest BCUT2D eigenvalue weighted by Crippen LogP contribution is 2.30. The average Bonchev–Trinajstić information content (AvgIpc) is 2.46. The van der Waals surface area contributed by atoms with E-state index in [1.165, 1.54) is 12.1 Å². The zero-order valence-electron chi connectivity index (χ0n) is 12.5. The van der Waals surface area contributed by atoms with Gasteiger partial charge in [0.15, 0.2) is 0 Å². The molecular weight excluding hydrogens is 273 g/mol. The van der Waals surface area contributed by atoms with Crippen molar-refractivity contribution in [2.24, 2.45) is 5.41 Å². The molecule has 0 bridgehead atoms. The van der Waals surface area contributed by atoms with E-state index in [9.17, 15) is 19.1 Å². The maximum absolute atomic E-state index is 12.8. The first-order valence-electron chi connectivity index (χ1n) is 7.18. The molecule has 1 amide bonds. The number of hydrogen-bond donors (Lipinski definition) is 2. The third-order valence-corrected chi connectivity index (χ3v) is 3.96. The van der Waals surface area contributed by atoms with Gasteiger partial charge in [0.1, 0.15) is 5.82 Å². The molecule has 0 aromatic heterocycles. The standard InChI is InChI=1S/C16H22FNO3/c1-3-16(4-2,15(20)21)11-14(19)18-10-9-12-5-7-13(17)8-6-12/h5-8H,3-4,9-11H2,1-2H3,(H,18,19)(H,20,21). The number of benzene rings is 1. The van der Waals surface area contributed by atoms with Crippen LogP contribution in [0.4, 0.5) is 4.39 Å². The van der Waals surface area contributed by atoms with Crippen LogP contribution >= 0.6 is 0 Å². The molecule has 21 heavy (non-hydrogen) atoms. The maximum Gasteiger partial charge on any atom is 0.310 e. The predicted molar refractivity (Wildman–Crippen MR) is 78.4 cm³/mol. The van der Waals surface area contributed by atoms with Crippen LogP contribution in [0.25, 0.3) is 0 Å².